The van der Waals surface area contributed by atoms with Crippen LogP contribution in [0.4, 0.5) is 0 Å². The maximum Gasteiger partial charge on any atom is 0.323 e. The summed E-state index contributed by atoms with van der Waals surface area (Å²) in [5.41, 5.74) is 1.02. The van der Waals surface area contributed by atoms with Crippen LogP contribution in [0.5, 0.6) is 5.88 Å². The van der Waals surface area contributed by atoms with E-state index >= 15 is 0 Å². The summed E-state index contributed by atoms with van der Waals surface area (Å²) in [5.74, 6) is 0.324. The summed E-state index contributed by atoms with van der Waals surface area (Å²) >= 11 is 0. The van der Waals surface area contributed by atoms with E-state index < -0.39 is 0 Å². The molecule has 1 aliphatic rings. The molecule has 1 aromatic heterocycles. The van der Waals surface area contributed by atoms with E-state index in [0.29, 0.717) is 18.8 Å². The Hall–Kier alpha value is -2.11. The van der Waals surface area contributed by atoms with Crippen molar-refractivity contribution in [2.45, 2.75) is 18.6 Å². The van der Waals surface area contributed by atoms with Gasteiger partial charge in [0.1, 0.15) is 12.1 Å². The van der Waals surface area contributed by atoms with Crippen molar-refractivity contribution in [2.75, 3.05) is 13.7 Å². The second-order valence-electron chi connectivity index (χ2n) is 5.26. The maximum atomic E-state index is 11.5. The van der Waals surface area contributed by atoms with Gasteiger partial charge >= 0.3 is 5.97 Å². The van der Waals surface area contributed by atoms with Crippen molar-refractivity contribution in [1.29, 1.82) is 0 Å². The number of aromatic nitrogens is 1. The van der Waals surface area contributed by atoms with Crippen molar-refractivity contribution < 1.29 is 14.3 Å². The Morgan fingerprint density at radius 1 is 1.43 bits per heavy atom. The highest BCUT2D eigenvalue weighted by Gasteiger charge is 2.31. The van der Waals surface area contributed by atoms with E-state index in [9.17, 15) is 4.79 Å². The minimum Gasteiger partial charge on any atom is -0.472 e. The maximum absolute atomic E-state index is 11.5. The molecule has 0 radical (unpaired) electrons. The first-order valence-electron chi connectivity index (χ1n) is 7.20. The molecule has 1 fully saturated rings. The molecule has 2 aromatic rings. The van der Waals surface area contributed by atoms with E-state index in [1.165, 1.54) is 7.11 Å². The number of nitrogens with one attached hydrogen (secondary N) is 1. The van der Waals surface area contributed by atoms with Gasteiger partial charge in [-0.2, -0.15) is 0 Å². The molecule has 6 heteroatoms. The first kappa shape index (κ1) is 17.2. The molecule has 1 aliphatic heterocycles. The summed E-state index contributed by atoms with van der Waals surface area (Å²) in [7, 11) is 1.39. The van der Waals surface area contributed by atoms with E-state index in [2.05, 4.69) is 16.9 Å². The van der Waals surface area contributed by atoms with Crippen LogP contribution in [0.1, 0.15) is 12.0 Å². The molecule has 0 aliphatic carbocycles. The average Bonchev–Trinajstić information content (AvgIpc) is 3.02. The first-order chi connectivity index (χ1) is 10.7. The molecule has 5 nitrogen and oxygen atoms in total. The Labute approximate surface area is 141 Å². The van der Waals surface area contributed by atoms with Gasteiger partial charge in [0, 0.05) is 24.5 Å². The third-order valence-electron chi connectivity index (χ3n) is 3.84. The smallest absolute Gasteiger partial charge is 0.323 e. The number of benzene rings is 1. The van der Waals surface area contributed by atoms with E-state index in [0.717, 1.165) is 16.3 Å². The van der Waals surface area contributed by atoms with Gasteiger partial charge in [0.2, 0.25) is 5.88 Å². The van der Waals surface area contributed by atoms with Gasteiger partial charge in [0.05, 0.1) is 7.11 Å². The predicted octanol–water partition coefficient (Wildman–Crippen LogP) is 2.58. The van der Waals surface area contributed by atoms with Crippen molar-refractivity contribution in [3.8, 4) is 5.88 Å². The topological polar surface area (TPSA) is 60.5 Å². The number of esters is 1. The Balaban J connectivity index is 0.00000192. The molecule has 1 N–H and O–H groups in total. The fourth-order valence-electron chi connectivity index (χ4n) is 2.65. The third kappa shape index (κ3) is 3.63. The Kier molecular flexibility index (Phi) is 5.58. The number of hydrogen-bond acceptors (Lipinski definition) is 5. The number of methoxy groups -OCH3 is 1. The zero-order chi connectivity index (χ0) is 15.5. The predicted molar refractivity (Wildman–Crippen MR) is 91.9 cm³/mol. The van der Waals surface area contributed by atoms with E-state index in [1.54, 1.807) is 12.3 Å². The fraction of sp³-hybridized carbons (Fsp3) is 0.294. The lowest BCUT2D eigenvalue weighted by molar-refractivity contribution is -0.142. The van der Waals surface area contributed by atoms with Crippen molar-refractivity contribution in [3.05, 3.63) is 42.6 Å². The summed E-state index contributed by atoms with van der Waals surface area (Å²) in [6, 6.07) is 7.66. The van der Waals surface area contributed by atoms with Gasteiger partial charge in [0.15, 0.2) is 0 Å². The molecular weight excluding hydrogens is 316 g/mol. The second-order valence-corrected chi connectivity index (χ2v) is 5.26. The molecule has 23 heavy (non-hydrogen) atoms. The van der Waals surface area contributed by atoms with E-state index in [1.807, 2.05) is 24.3 Å². The van der Waals surface area contributed by atoms with Gasteiger partial charge in [-0.05, 0) is 23.1 Å². The van der Waals surface area contributed by atoms with Gasteiger partial charge in [-0.25, -0.2) is 4.98 Å². The molecule has 3 rings (SSSR count). The number of halogens is 1. The summed E-state index contributed by atoms with van der Waals surface area (Å²) in [6.45, 7) is 4.38. The van der Waals surface area contributed by atoms with Crippen LogP contribution in [0.3, 0.4) is 0 Å². The Morgan fingerprint density at radius 2 is 2.26 bits per heavy atom. The normalized spacial score (nSPS) is 19.9. The highest BCUT2D eigenvalue weighted by atomic mass is 35.5. The second kappa shape index (κ2) is 7.44. The lowest BCUT2D eigenvalue weighted by Gasteiger charge is -2.14. The third-order valence-corrected chi connectivity index (χ3v) is 3.84. The summed E-state index contributed by atoms with van der Waals surface area (Å²) in [5, 5.41) is 5.11. The zero-order valence-corrected chi connectivity index (χ0v) is 13.6. The molecule has 2 heterocycles. The lowest BCUT2D eigenvalue weighted by atomic mass is 10.1. The Morgan fingerprint density at radius 3 is 3.00 bits per heavy atom. The van der Waals surface area contributed by atoms with E-state index in [4.69, 9.17) is 9.47 Å². The van der Waals surface area contributed by atoms with Gasteiger partial charge in [0.25, 0.3) is 0 Å². The summed E-state index contributed by atoms with van der Waals surface area (Å²) < 4.78 is 10.7. The SMILES string of the molecule is C=Cc1ccc2ccnc(O[C@H]3CN[C@H](C(=O)OC)C3)c2c1.Cl. The lowest BCUT2D eigenvalue weighted by Crippen LogP contribution is -2.31. The van der Waals surface area contributed by atoms with Gasteiger partial charge in [-0.15, -0.1) is 12.4 Å². The summed E-state index contributed by atoms with van der Waals surface area (Å²) in [4.78, 5) is 15.9. The number of carbonyl (C=O) groups is 1. The van der Waals surface area contributed by atoms with Crippen LogP contribution in [-0.4, -0.2) is 36.8 Å². The number of pyridine rings is 1. The van der Waals surface area contributed by atoms with Crippen molar-refractivity contribution >= 4 is 35.2 Å². The number of ether oxygens (including phenoxy) is 2. The molecule has 0 amide bonds. The zero-order valence-electron chi connectivity index (χ0n) is 12.8. The molecule has 1 saturated heterocycles. The average molecular weight is 335 g/mol. The molecule has 2 atom stereocenters. The van der Waals surface area contributed by atoms with Crippen LogP contribution < -0.4 is 10.1 Å². The molecule has 1 aromatic carbocycles. The molecule has 0 unspecified atom stereocenters. The standard InChI is InChI=1S/C17H18N2O3.ClH/c1-3-11-4-5-12-6-7-18-16(14(12)8-11)22-13-9-15(19-10-13)17(20)21-2;/h3-8,13,15,19H,1,9-10H2,2H3;1H/t13-,15+;/m1./s1. The number of rotatable bonds is 4. The minimum atomic E-state index is -0.311. The van der Waals surface area contributed by atoms with Crippen LogP contribution in [0.25, 0.3) is 16.8 Å². The van der Waals surface area contributed by atoms with Crippen molar-refractivity contribution in [3.63, 3.8) is 0 Å². The highest BCUT2D eigenvalue weighted by Crippen LogP contribution is 2.26. The molecule has 122 valence electrons. The monoisotopic (exact) mass is 334 g/mol. The van der Waals surface area contributed by atoms with Gasteiger partial charge in [-0.1, -0.05) is 24.8 Å². The minimum absolute atomic E-state index is 0. The number of hydrogen-bond donors (Lipinski definition) is 1. The van der Waals surface area contributed by atoms with E-state index in [-0.39, 0.29) is 30.5 Å². The van der Waals surface area contributed by atoms with Gasteiger partial charge in [-0.3, -0.25) is 4.79 Å². The van der Waals surface area contributed by atoms with Crippen molar-refractivity contribution in [2.24, 2.45) is 0 Å². The Bertz CT molecular complexity index is 720. The van der Waals surface area contributed by atoms with Crippen LogP contribution >= 0.6 is 12.4 Å². The van der Waals surface area contributed by atoms with Crippen molar-refractivity contribution in [1.82, 2.24) is 10.3 Å². The number of carbonyl (C=O) groups excluding carboxylic acids is 1. The van der Waals surface area contributed by atoms with Crippen LogP contribution in [0.2, 0.25) is 0 Å². The highest BCUT2D eigenvalue weighted by molar-refractivity contribution is 5.88. The molecule has 0 bridgehead atoms. The van der Waals surface area contributed by atoms with Crippen LogP contribution in [0.15, 0.2) is 37.0 Å². The number of fused-ring (bicyclic) bond motifs is 1. The largest absolute Gasteiger partial charge is 0.472 e. The first-order valence-corrected chi connectivity index (χ1v) is 7.20. The van der Waals surface area contributed by atoms with Crippen LogP contribution in [0, 0.1) is 0 Å². The van der Waals surface area contributed by atoms with Gasteiger partial charge < -0.3 is 14.8 Å². The molecule has 0 spiro atoms. The molecule has 0 saturated carbocycles. The summed E-state index contributed by atoms with van der Waals surface area (Å²) in [6.07, 6.45) is 3.99. The number of nitrogens with zero attached hydrogens (tertiary/aromatic N) is 1. The van der Waals surface area contributed by atoms with Crippen LogP contribution in [-0.2, 0) is 9.53 Å². The molecular formula is C17H19ClN2O3. The fourth-order valence-corrected chi connectivity index (χ4v) is 2.65. The quantitative estimate of drug-likeness (QED) is 0.871.